The first-order chi connectivity index (χ1) is 10.1. The van der Waals surface area contributed by atoms with Gasteiger partial charge in [-0.25, -0.2) is 4.98 Å². The van der Waals surface area contributed by atoms with E-state index in [9.17, 15) is 0 Å². The fourth-order valence-corrected chi connectivity index (χ4v) is 2.31. The summed E-state index contributed by atoms with van der Waals surface area (Å²) in [5, 5.41) is 6.19. The molecule has 1 aliphatic rings. The smallest absolute Gasteiger partial charge is 0.0901 e. The van der Waals surface area contributed by atoms with Crippen LogP contribution in [0.15, 0.2) is 60.3 Å². The summed E-state index contributed by atoms with van der Waals surface area (Å²) in [6.07, 6.45) is 9.84. The number of nitrogen functional groups attached to an aromatic ring is 1. The topological polar surface area (TPSA) is 50.9 Å². The summed E-state index contributed by atoms with van der Waals surface area (Å²) < 4.78 is 0. The van der Waals surface area contributed by atoms with Crippen molar-refractivity contribution in [3.8, 4) is 0 Å². The number of hydrogen-bond acceptors (Lipinski definition) is 4. The number of nitrogens with one attached hydrogen (secondary N) is 1. The maximum absolute atomic E-state index is 5.43. The van der Waals surface area contributed by atoms with Crippen LogP contribution in [0.4, 0.5) is 5.69 Å². The fourth-order valence-electron chi connectivity index (χ4n) is 1.69. The molecule has 0 unspecified atom stereocenters. The summed E-state index contributed by atoms with van der Waals surface area (Å²) in [7, 11) is 0. The van der Waals surface area contributed by atoms with E-state index in [1.165, 1.54) is 5.56 Å². The van der Waals surface area contributed by atoms with E-state index in [-0.39, 0.29) is 0 Å². The van der Waals surface area contributed by atoms with Gasteiger partial charge in [0.15, 0.2) is 0 Å². The highest BCUT2D eigenvalue weighted by molar-refractivity contribution is 7.09. The van der Waals surface area contributed by atoms with Crippen LogP contribution in [0.3, 0.4) is 0 Å². The van der Waals surface area contributed by atoms with E-state index in [2.05, 4.69) is 15.7 Å². The molecule has 0 spiro atoms. The summed E-state index contributed by atoms with van der Waals surface area (Å²) in [4.78, 5) is 4.41. The quantitative estimate of drug-likeness (QED) is 0.781. The van der Waals surface area contributed by atoms with Crippen molar-refractivity contribution in [2.45, 2.75) is 13.8 Å². The summed E-state index contributed by atoms with van der Waals surface area (Å²) in [6.45, 7) is 4.06. The lowest BCUT2D eigenvalue weighted by atomic mass is 10.2. The zero-order valence-electron chi connectivity index (χ0n) is 12.2. The molecule has 1 aromatic carbocycles. The molecular formula is C17H19N3S. The summed E-state index contributed by atoms with van der Waals surface area (Å²) in [5.74, 6) is 0. The normalized spacial score (nSPS) is 12.8. The maximum Gasteiger partial charge on any atom is 0.0901 e. The van der Waals surface area contributed by atoms with Crippen molar-refractivity contribution in [1.82, 2.24) is 10.3 Å². The van der Waals surface area contributed by atoms with Gasteiger partial charge in [0.05, 0.1) is 10.7 Å². The Hall–Kier alpha value is -2.33. The van der Waals surface area contributed by atoms with E-state index in [0.29, 0.717) is 0 Å². The first-order valence-corrected chi connectivity index (χ1v) is 7.57. The van der Waals surface area contributed by atoms with Gasteiger partial charge in [0.2, 0.25) is 0 Å². The van der Waals surface area contributed by atoms with Crippen LogP contribution in [0.25, 0.3) is 5.57 Å². The van der Waals surface area contributed by atoms with Crippen LogP contribution in [-0.4, -0.2) is 4.98 Å². The van der Waals surface area contributed by atoms with Crippen LogP contribution < -0.4 is 11.1 Å². The molecule has 0 amide bonds. The molecule has 0 radical (unpaired) electrons. The number of benzene rings is 1. The molecule has 1 aliphatic heterocycles. The van der Waals surface area contributed by atoms with Crippen LogP contribution in [0, 0.1) is 13.8 Å². The van der Waals surface area contributed by atoms with Crippen molar-refractivity contribution in [1.29, 1.82) is 0 Å². The molecule has 21 heavy (non-hydrogen) atoms. The van der Waals surface area contributed by atoms with Gasteiger partial charge < -0.3 is 11.1 Å². The van der Waals surface area contributed by atoms with Gasteiger partial charge in [-0.3, -0.25) is 0 Å². The molecule has 0 saturated heterocycles. The Morgan fingerprint density at radius 2 is 1.86 bits per heavy atom. The number of nitrogens with zero attached hydrogens (tertiary/aromatic N) is 1. The second kappa shape index (κ2) is 7.45. The maximum atomic E-state index is 5.43. The SMILES string of the molecule is Cc1ccc(N)cc1.Cc1nc(C2=CC=CNC=C2)cs1. The Balaban J connectivity index is 0.000000173. The molecule has 0 bridgehead atoms. The van der Waals surface area contributed by atoms with Gasteiger partial charge in [0, 0.05) is 29.0 Å². The molecule has 0 saturated carbocycles. The molecule has 108 valence electrons. The number of anilines is 1. The van der Waals surface area contributed by atoms with Crippen LogP contribution in [0.2, 0.25) is 0 Å². The number of allylic oxidation sites excluding steroid dienone is 4. The average Bonchev–Trinajstić information content (AvgIpc) is 2.75. The zero-order valence-corrected chi connectivity index (χ0v) is 13.0. The van der Waals surface area contributed by atoms with E-state index in [1.807, 2.05) is 68.7 Å². The van der Waals surface area contributed by atoms with Gasteiger partial charge in [-0.15, -0.1) is 11.3 Å². The first-order valence-electron chi connectivity index (χ1n) is 6.69. The van der Waals surface area contributed by atoms with Crippen molar-refractivity contribution >= 4 is 22.6 Å². The monoisotopic (exact) mass is 297 g/mol. The third-order valence-corrected chi connectivity index (χ3v) is 3.59. The minimum Gasteiger partial charge on any atom is -0.399 e. The van der Waals surface area contributed by atoms with E-state index in [0.717, 1.165) is 22.0 Å². The molecule has 4 heteroatoms. The third kappa shape index (κ3) is 4.93. The second-order valence-corrected chi connectivity index (χ2v) is 5.71. The lowest BCUT2D eigenvalue weighted by Gasteiger charge is -1.93. The first kappa shape index (κ1) is 15.1. The summed E-state index contributed by atoms with van der Waals surface area (Å²) in [5.41, 5.74) is 9.70. The van der Waals surface area contributed by atoms with Crippen LogP contribution in [0.5, 0.6) is 0 Å². The third-order valence-electron chi connectivity index (χ3n) is 2.82. The molecule has 0 fully saturated rings. The average molecular weight is 297 g/mol. The summed E-state index contributed by atoms with van der Waals surface area (Å²) in [6, 6.07) is 7.79. The molecular weight excluding hydrogens is 278 g/mol. The number of rotatable bonds is 1. The summed E-state index contributed by atoms with van der Waals surface area (Å²) >= 11 is 1.67. The largest absolute Gasteiger partial charge is 0.399 e. The second-order valence-electron chi connectivity index (χ2n) is 4.64. The molecule has 3 rings (SSSR count). The molecule has 2 heterocycles. The lowest BCUT2D eigenvalue weighted by Crippen LogP contribution is -1.88. The van der Waals surface area contributed by atoms with Crippen molar-refractivity contribution in [3.05, 3.63) is 76.5 Å². The Labute approximate surface area is 129 Å². The fraction of sp³-hybridized carbons (Fsp3) is 0.118. The minimum absolute atomic E-state index is 0.829. The van der Waals surface area contributed by atoms with Crippen molar-refractivity contribution in [2.75, 3.05) is 5.73 Å². The Morgan fingerprint density at radius 3 is 2.48 bits per heavy atom. The van der Waals surface area contributed by atoms with E-state index >= 15 is 0 Å². The van der Waals surface area contributed by atoms with Crippen molar-refractivity contribution in [3.63, 3.8) is 0 Å². The predicted octanol–water partition coefficient (Wildman–Crippen LogP) is 4.04. The highest BCUT2D eigenvalue weighted by atomic mass is 32.1. The van der Waals surface area contributed by atoms with E-state index < -0.39 is 0 Å². The highest BCUT2D eigenvalue weighted by Crippen LogP contribution is 2.19. The van der Waals surface area contributed by atoms with Crippen LogP contribution in [-0.2, 0) is 0 Å². The lowest BCUT2D eigenvalue weighted by molar-refractivity contribution is 1.20. The minimum atomic E-state index is 0.829. The van der Waals surface area contributed by atoms with E-state index in [1.54, 1.807) is 11.3 Å². The molecule has 1 aromatic heterocycles. The van der Waals surface area contributed by atoms with Crippen molar-refractivity contribution in [2.24, 2.45) is 0 Å². The molecule has 2 aromatic rings. The van der Waals surface area contributed by atoms with Gasteiger partial charge in [0.25, 0.3) is 0 Å². The Bertz CT molecular complexity index is 643. The van der Waals surface area contributed by atoms with Crippen LogP contribution >= 0.6 is 11.3 Å². The van der Waals surface area contributed by atoms with Gasteiger partial charge >= 0.3 is 0 Å². The van der Waals surface area contributed by atoms with Gasteiger partial charge in [-0.05, 0) is 38.1 Å². The number of hydrogen-bond donors (Lipinski definition) is 2. The van der Waals surface area contributed by atoms with Gasteiger partial charge in [0.1, 0.15) is 0 Å². The predicted molar refractivity (Wildman–Crippen MR) is 91.8 cm³/mol. The van der Waals surface area contributed by atoms with Crippen molar-refractivity contribution < 1.29 is 0 Å². The number of nitrogens with two attached hydrogens (primary N) is 1. The number of aryl methyl sites for hydroxylation is 2. The van der Waals surface area contributed by atoms with Gasteiger partial charge in [-0.2, -0.15) is 0 Å². The standard InChI is InChI=1S/C10H10N2S.C7H9N/c1-8-12-10(7-13-8)9-3-2-5-11-6-4-9;1-6-2-4-7(8)5-3-6/h2-7,11H,1H3;2-5H,8H2,1H3. The van der Waals surface area contributed by atoms with Crippen LogP contribution in [0.1, 0.15) is 16.3 Å². The molecule has 3 nitrogen and oxygen atoms in total. The zero-order chi connectivity index (χ0) is 15.1. The molecule has 0 atom stereocenters. The highest BCUT2D eigenvalue weighted by Gasteiger charge is 2.01. The molecule has 0 aliphatic carbocycles. The number of aromatic nitrogens is 1. The van der Waals surface area contributed by atoms with Gasteiger partial charge in [-0.1, -0.05) is 23.8 Å². The Morgan fingerprint density at radius 1 is 1.10 bits per heavy atom. The number of thiazole rings is 1. The molecule has 3 N–H and O–H groups in total. The van der Waals surface area contributed by atoms with E-state index in [4.69, 9.17) is 5.73 Å². The Kier molecular flexibility index (Phi) is 5.35.